The second-order valence-electron chi connectivity index (χ2n) is 7.54. The van der Waals surface area contributed by atoms with Gasteiger partial charge in [0.2, 0.25) is 5.91 Å². The molecule has 3 aromatic rings. The SMILES string of the molecule is COCCN1C(=O)c2ccccc2[C@@H](C(=O)Nc2ccccc2C(=O)OC)[C@@H]1c1cccs1. The Labute approximate surface area is 195 Å². The number of esters is 1. The molecule has 2 aromatic carbocycles. The number of thiophene rings is 1. The molecule has 1 aliphatic rings. The molecule has 2 amide bonds. The van der Waals surface area contributed by atoms with Gasteiger partial charge in [-0.25, -0.2) is 4.79 Å². The maximum absolute atomic E-state index is 13.8. The maximum Gasteiger partial charge on any atom is 0.339 e. The van der Waals surface area contributed by atoms with Gasteiger partial charge >= 0.3 is 5.97 Å². The Balaban J connectivity index is 1.80. The van der Waals surface area contributed by atoms with Crippen molar-refractivity contribution in [3.8, 4) is 0 Å². The molecule has 0 fully saturated rings. The molecule has 1 aromatic heterocycles. The van der Waals surface area contributed by atoms with Crippen LogP contribution in [0.3, 0.4) is 0 Å². The van der Waals surface area contributed by atoms with E-state index in [0.717, 1.165) is 4.88 Å². The smallest absolute Gasteiger partial charge is 0.339 e. The normalized spacial score (nSPS) is 17.4. The zero-order valence-corrected chi connectivity index (χ0v) is 19.1. The van der Waals surface area contributed by atoms with E-state index in [-0.39, 0.29) is 17.4 Å². The predicted octanol–water partition coefficient (Wildman–Crippen LogP) is 4.10. The Hall–Kier alpha value is -3.49. The van der Waals surface area contributed by atoms with E-state index in [1.807, 2.05) is 29.6 Å². The molecule has 2 heterocycles. The summed E-state index contributed by atoms with van der Waals surface area (Å²) in [5, 5.41) is 4.84. The molecule has 1 aliphatic heterocycles. The third-order valence-corrected chi connectivity index (χ3v) is 6.63. The van der Waals surface area contributed by atoms with E-state index in [2.05, 4.69) is 5.32 Å². The first kappa shape index (κ1) is 22.7. The molecule has 0 saturated carbocycles. The number of anilines is 1. The highest BCUT2D eigenvalue weighted by molar-refractivity contribution is 7.10. The molecule has 170 valence electrons. The van der Waals surface area contributed by atoms with Crippen LogP contribution in [0.1, 0.15) is 43.1 Å². The van der Waals surface area contributed by atoms with Crippen molar-refractivity contribution >= 4 is 34.8 Å². The fraction of sp³-hybridized carbons (Fsp3) is 0.240. The average molecular weight is 465 g/mol. The fourth-order valence-electron chi connectivity index (χ4n) is 4.18. The molecule has 0 unspecified atom stereocenters. The number of carbonyl (C=O) groups excluding carboxylic acids is 3. The van der Waals surface area contributed by atoms with Gasteiger partial charge in [0.05, 0.1) is 36.9 Å². The fourth-order valence-corrected chi connectivity index (χ4v) is 5.05. The number of rotatable bonds is 7. The highest BCUT2D eigenvalue weighted by atomic mass is 32.1. The van der Waals surface area contributed by atoms with Crippen LogP contribution in [-0.2, 0) is 14.3 Å². The molecular weight excluding hydrogens is 440 g/mol. The molecule has 8 heteroatoms. The molecule has 1 N–H and O–H groups in total. The van der Waals surface area contributed by atoms with Crippen molar-refractivity contribution in [1.29, 1.82) is 0 Å². The highest BCUT2D eigenvalue weighted by Crippen LogP contribution is 2.44. The van der Waals surface area contributed by atoms with Crippen LogP contribution >= 0.6 is 11.3 Å². The van der Waals surface area contributed by atoms with Gasteiger partial charge in [0.1, 0.15) is 0 Å². The summed E-state index contributed by atoms with van der Waals surface area (Å²) >= 11 is 1.49. The maximum atomic E-state index is 13.8. The van der Waals surface area contributed by atoms with Crippen LogP contribution in [0.15, 0.2) is 66.0 Å². The first-order valence-electron chi connectivity index (χ1n) is 10.5. The van der Waals surface area contributed by atoms with Gasteiger partial charge in [0.15, 0.2) is 0 Å². The molecule has 0 aliphatic carbocycles. The number of para-hydroxylation sites is 1. The van der Waals surface area contributed by atoms with E-state index in [0.29, 0.717) is 30.0 Å². The summed E-state index contributed by atoms with van der Waals surface area (Å²) in [5.74, 6) is -1.67. The lowest BCUT2D eigenvalue weighted by molar-refractivity contribution is -0.119. The van der Waals surface area contributed by atoms with Crippen LogP contribution in [0.2, 0.25) is 0 Å². The van der Waals surface area contributed by atoms with Crippen molar-refractivity contribution in [3.05, 3.63) is 87.6 Å². The lowest BCUT2D eigenvalue weighted by atomic mass is 9.81. The van der Waals surface area contributed by atoms with Crippen LogP contribution in [0.5, 0.6) is 0 Å². The number of hydrogen-bond donors (Lipinski definition) is 1. The van der Waals surface area contributed by atoms with Gasteiger partial charge in [0, 0.05) is 24.1 Å². The Morgan fingerprint density at radius 2 is 1.79 bits per heavy atom. The van der Waals surface area contributed by atoms with Gasteiger partial charge in [-0.3, -0.25) is 9.59 Å². The summed E-state index contributed by atoms with van der Waals surface area (Å²) < 4.78 is 10.1. The van der Waals surface area contributed by atoms with Crippen molar-refractivity contribution in [2.45, 2.75) is 12.0 Å². The van der Waals surface area contributed by atoms with Crippen LogP contribution < -0.4 is 5.32 Å². The first-order valence-corrected chi connectivity index (χ1v) is 11.3. The van der Waals surface area contributed by atoms with Crippen LogP contribution in [0.4, 0.5) is 5.69 Å². The minimum atomic E-state index is -0.680. The van der Waals surface area contributed by atoms with E-state index in [1.54, 1.807) is 48.4 Å². The molecule has 2 atom stereocenters. The van der Waals surface area contributed by atoms with Gasteiger partial charge in [-0.1, -0.05) is 36.4 Å². The van der Waals surface area contributed by atoms with E-state index in [9.17, 15) is 14.4 Å². The van der Waals surface area contributed by atoms with Crippen molar-refractivity contribution in [3.63, 3.8) is 0 Å². The summed E-state index contributed by atoms with van der Waals surface area (Å²) in [6.07, 6.45) is 0. The van der Waals surface area contributed by atoms with Gasteiger partial charge < -0.3 is 19.7 Å². The number of amides is 2. The standard InChI is InChI=1S/C25H24N2O5S/c1-31-14-13-27-22(20-12-7-15-33-20)21(16-8-3-4-9-17(16)24(27)29)23(28)26-19-11-6-5-10-18(19)25(30)32-2/h3-12,15,21-22H,13-14H2,1-2H3,(H,26,28)/t21-,22+/m1/s1. The number of nitrogens with zero attached hydrogens (tertiary/aromatic N) is 1. The molecule has 33 heavy (non-hydrogen) atoms. The van der Waals surface area contributed by atoms with Crippen molar-refractivity contribution in [2.75, 3.05) is 32.7 Å². The number of ether oxygens (including phenoxy) is 2. The lowest BCUT2D eigenvalue weighted by Crippen LogP contribution is -2.47. The highest BCUT2D eigenvalue weighted by Gasteiger charge is 2.44. The number of nitrogens with one attached hydrogen (secondary N) is 1. The van der Waals surface area contributed by atoms with E-state index < -0.39 is 17.9 Å². The zero-order chi connectivity index (χ0) is 23.4. The van der Waals surface area contributed by atoms with E-state index in [1.165, 1.54) is 18.4 Å². The first-order chi connectivity index (χ1) is 16.1. The molecular formula is C25H24N2O5S. The van der Waals surface area contributed by atoms with E-state index in [4.69, 9.17) is 9.47 Å². The third-order valence-electron chi connectivity index (χ3n) is 5.68. The van der Waals surface area contributed by atoms with Gasteiger partial charge in [-0.05, 0) is 35.2 Å². The Kier molecular flexibility index (Phi) is 6.86. The Morgan fingerprint density at radius 1 is 1.03 bits per heavy atom. The largest absolute Gasteiger partial charge is 0.465 e. The molecule has 7 nitrogen and oxygen atoms in total. The van der Waals surface area contributed by atoms with Crippen LogP contribution in [-0.4, -0.2) is 50.1 Å². The number of hydrogen-bond acceptors (Lipinski definition) is 6. The summed E-state index contributed by atoms with van der Waals surface area (Å²) in [5.41, 5.74) is 1.76. The molecule has 4 rings (SSSR count). The Morgan fingerprint density at radius 3 is 2.52 bits per heavy atom. The third kappa shape index (κ3) is 4.40. The second-order valence-corrected chi connectivity index (χ2v) is 8.52. The predicted molar refractivity (Wildman–Crippen MR) is 126 cm³/mol. The van der Waals surface area contributed by atoms with Gasteiger partial charge in [-0.15, -0.1) is 11.3 Å². The molecule has 0 saturated heterocycles. The number of carbonyl (C=O) groups is 3. The number of benzene rings is 2. The summed E-state index contributed by atoms with van der Waals surface area (Å²) in [6.45, 7) is 0.685. The van der Waals surface area contributed by atoms with Crippen molar-refractivity contribution in [2.24, 2.45) is 0 Å². The van der Waals surface area contributed by atoms with Crippen molar-refractivity contribution < 1.29 is 23.9 Å². The lowest BCUT2D eigenvalue weighted by Gasteiger charge is -2.41. The second kappa shape index (κ2) is 9.97. The van der Waals surface area contributed by atoms with Crippen LogP contribution in [0, 0.1) is 0 Å². The Bertz CT molecular complexity index is 1160. The molecule has 0 bridgehead atoms. The number of methoxy groups -OCH3 is 2. The average Bonchev–Trinajstić information content (AvgIpc) is 3.37. The van der Waals surface area contributed by atoms with Gasteiger partial charge in [-0.2, -0.15) is 0 Å². The van der Waals surface area contributed by atoms with Crippen LogP contribution in [0.25, 0.3) is 0 Å². The minimum absolute atomic E-state index is 0.139. The van der Waals surface area contributed by atoms with E-state index >= 15 is 0 Å². The summed E-state index contributed by atoms with van der Waals surface area (Å²) in [6, 6.07) is 17.2. The molecule has 0 spiro atoms. The summed E-state index contributed by atoms with van der Waals surface area (Å²) in [4.78, 5) is 42.0. The number of fused-ring (bicyclic) bond motifs is 1. The minimum Gasteiger partial charge on any atom is -0.465 e. The zero-order valence-electron chi connectivity index (χ0n) is 18.3. The quantitative estimate of drug-likeness (QED) is 0.532. The summed E-state index contributed by atoms with van der Waals surface area (Å²) in [7, 11) is 2.88. The molecule has 0 radical (unpaired) electrons. The van der Waals surface area contributed by atoms with Gasteiger partial charge in [0.25, 0.3) is 5.91 Å². The topological polar surface area (TPSA) is 84.9 Å². The monoisotopic (exact) mass is 464 g/mol. The van der Waals surface area contributed by atoms with Crippen molar-refractivity contribution in [1.82, 2.24) is 4.90 Å².